The summed E-state index contributed by atoms with van der Waals surface area (Å²) in [4.78, 5) is 2.85. The maximum atomic E-state index is 10.8. The second kappa shape index (κ2) is 8.77. The number of aliphatic hydroxyl groups excluding tert-OH is 2. The number of aliphatic hydroxyl groups is 2. The number of methoxy groups -OCH3 is 1. The number of rotatable bonds is 9. The largest absolute Gasteiger partial charge is 0.486 e. The molecule has 6 heteroatoms. The average Bonchev–Trinajstić information content (AvgIpc) is 3.71. The maximum absolute atomic E-state index is 10.8. The number of piperidine rings is 1. The molecule has 1 saturated heterocycles. The molecule has 0 aromatic heterocycles. The SMILES string of the molecule is CO[C@]12CC[C@@]3(C[C@@H]1COCc1ccccc1)[C@H]1Cc4ccc(C(O)CO)c5c4[C@@]3(CCN1CC1CC1)[C@H]2O5. The lowest BCUT2D eigenvalue weighted by Gasteiger charge is -2.74. The molecule has 6 nitrogen and oxygen atoms in total. The predicted octanol–water partition coefficient (Wildman–Crippen LogP) is 4.15. The quantitative estimate of drug-likeness (QED) is 0.507. The number of hydrogen-bond acceptors (Lipinski definition) is 6. The first-order valence-corrected chi connectivity index (χ1v) is 15.1. The van der Waals surface area contributed by atoms with Gasteiger partial charge in [-0.15, -0.1) is 0 Å². The van der Waals surface area contributed by atoms with E-state index in [0.29, 0.717) is 19.3 Å². The van der Waals surface area contributed by atoms with Gasteiger partial charge in [-0.2, -0.15) is 0 Å². The van der Waals surface area contributed by atoms with E-state index in [1.807, 2.05) is 19.2 Å². The van der Waals surface area contributed by atoms with Crippen LogP contribution >= 0.6 is 0 Å². The Morgan fingerprint density at radius 2 is 1.95 bits per heavy atom. The summed E-state index contributed by atoms with van der Waals surface area (Å²) in [5, 5.41) is 20.7. The summed E-state index contributed by atoms with van der Waals surface area (Å²) in [7, 11) is 1.87. The van der Waals surface area contributed by atoms with Crippen LogP contribution in [-0.4, -0.2) is 66.3 Å². The third-order valence-corrected chi connectivity index (χ3v) is 11.8. The summed E-state index contributed by atoms with van der Waals surface area (Å²) < 4.78 is 20.2. The molecule has 2 N–H and O–H groups in total. The Kier molecular flexibility index (Phi) is 5.58. The van der Waals surface area contributed by atoms with Crippen LogP contribution in [0, 0.1) is 17.3 Å². The van der Waals surface area contributed by atoms with Crippen LogP contribution in [0.15, 0.2) is 42.5 Å². The Morgan fingerprint density at radius 3 is 2.72 bits per heavy atom. The monoisotopic (exact) mass is 531 g/mol. The van der Waals surface area contributed by atoms with Gasteiger partial charge in [0, 0.05) is 47.6 Å². The van der Waals surface area contributed by atoms with Crippen LogP contribution in [0.2, 0.25) is 0 Å². The number of benzene rings is 2. The van der Waals surface area contributed by atoms with Crippen LogP contribution < -0.4 is 4.74 Å². The highest BCUT2D eigenvalue weighted by Crippen LogP contribution is 2.76. The molecule has 1 unspecified atom stereocenters. The van der Waals surface area contributed by atoms with Crippen molar-refractivity contribution in [3.8, 4) is 5.75 Å². The zero-order valence-corrected chi connectivity index (χ0v) is 23.0. The molecule has 208 valence electrons. The van der Waals surface area contributed by atoms with Crippen LogP contribution in [0.3, 0.4) is 0 Å². The molecule has 5 fully saturated rings. The number of ether oxygens (including phenoxy) is 3. The first kappa shape index (κ1) is 24.8. The summed E-state index contributed by atoms with van der Waals surface area (Å²) in [5.74, 6) is 1.94. The van der Waals surface area contributed by atoms with Crippen LogP contribution in [0.4, 0.5) is 0 Å². The van der Waals surface area contributed by atoms with E-state index in [-0.39, 0.29) is 29.5 Å². The fourth-order valence-corrected chi connectivity index (χ4v) is 10.0. The van der Waals surface area contributed by atoms with Crippen molar-refractivity contribution in [3.63, 3.8) is 0 Å². The summed E-state index contributed by atoms with van der Waals surface area (Å²) in [6, 6.07) is 15.2. The highest BCUT2D eigenvalue weighted by molar-refractivity contribution is 5.62. The topological polar surface area (TPSA) is 71.4 Å². The van der Waals surface area contributed by atoms with Gasteiger partial charge in [-0.05, 0) is 68.5 Å². The van der Waals surface area contributed by atoms with Crippen molar-refractivity contribution >= 4 is 0 Å². The van der Waals surface area contributed by atoms with Crippen LogP contribution in [0.5, 0.6) is 5.75 Å². The lowest BCUT2D eigenvalue weighted by Crippen LogP contribution is -2.81. The van der Waals surface area contributed by atoms with E-state index in [2.05, 4.69) is 35.2 Å². The molecule has 39 heavy (non-hydrogen) atoms. The van der Waals surface area contributed by atoms with Gasteiger partial charge in [0.2, 0.25) is 0 Å². The second-order valence-electron chi connectivity index (χ2n) is 13.3. The fourth-order valence-electron chi connectivity index (χ4n) is 10.0. The number of nitrogens with zero attached hydrogens (tertiary/aromatic N) is 1. The molecule has 7 atom stereocenters. The van der Waals surface area contributed by atoms with E-state index in [4.69, 9.17) is 14.2 Å². The normalized spacial score (nSPS) is 38.4. The second-order valence-corrected chi connectivity index (χ2v) is 13.3. The zero-order chi connectivity index (χ0) is 26.4. The minimum Gasteiger partial charge on any atom is -0.486 e. The van der Waals surface area contributed by atoms with Gasteiger partial charge in [-0.25, -0.2) is 0 Å². The highest BCUT2D eigenvalue weighted by Gasteiger charge is 2.80. The van der Waals surface area contributed by atoms with Gasteiger partial charge < -0.3 is 24.4 Å². The van der Waals surface area contributed by atoms with Crippen molar-refractivity contribution in [1.29, 1.82) is 0 Å². The molecule has 2 aromatic rings. The van der Waals surface area contributed by atoms with Crippen molar-refractivity contribution in [2.75, 3.05) is 33.4 Å². The molecule has 0 radical (unpaired) electrons. The van der Waals surface area contributed by atoms with Gasteiger partial charge >= 0.3 is 0 Å². The van der Waals surface area contributed by atoms with Crippen molar-refractivity contribution in [2.45, 2.75) is 80.8 Å². The number of likely N-dealkylation sites (tertiary alicyclic amines) is 1. The third kappa shape index (κ3) is 3.21. The summed E-state index contributed by atoms with van der Waals surface area (Å²) in [5.41, 5.74) is 4.20. The van der Waals surface area contributed by atoms with E-state index in [9.17, 15) is 10.2 Å². The van der Waals surface area contributed by atoms with Gasteiger partial charge in [0.1, 0.15) is 23.6 Å². The molecule has 9 rings (SSSR count). The minimum absolute atomic E-state index is 0.102. The summed E-state index contributed by atoms with van der Waals surface area (Å²) in [6.07, 6.45) is 7.03. The first-order valence-electron chi connectivity index (χ1n) is 15.1. The van der Waals surface area contributed by atoms with Gasteiger partial charge in [0.25, 0.3) is 0 Å². The number of fused-ring (bicyclic) bond motifs is 2. The third-order valence-electron chi connectivity index (χ3n) is 11.8. The van der Waals surface area contributed by atoms with E-state index >= 15 is 0 Å². The molecule has 5 aliphatic carbocycles. The van der Waals surface area contributed by atoms with Gasteiger partial charge in [-0.3, -0.25) is 4.90 Å². The van der Waals surface area contributed by atoms with Crippen molar-refractivity contribution in [3.05, 3.63) is 64.7 Å². The maximum Gasteiger partial charge on any atom is 0.138 e. The van der Waals surface area contributed by atoms with Crippen molar-refractivity contribution in [2.24, 2.45) is 17.3 Å². The molecule has 0 amide bonds. The van der Waals surface area contributed by atoms with Crippen molar-refractivity contribution < 1.29 is 24.4 Å². The average molecular weight is 532 g/mol. The zero-order valence-electron chi connectivity index (χ0n) is 23.0. The van der Waals surface area contributed by atoms with Gasteiger partial charge in [-0.1, -0.05) is 42.5 Å². The molecule has 2 aromatic carbocycles. The van der Waals surface area contributed by atoms with E-state index in [1.54, 1.807) is 0 Å². The van der Waals surface area contributed by atoms with Crippen LogP contribution in [0.1, 0.15) is 66.9 Å². The molecule has 7 aliphatic rings. The highest BCUT2D eigenvalue weighted by atomic mass is 16.6. The summed E-state index contributed by atoms with van der Waals surface area (Å²) in [6.45, 7) is 3.28. The van der Waals surface area contributed by atoms with Crippen LogP contribution in [0.25, 0.3) is 0 Å². The summed E-state index contributed by atoms with van der Waals surface area (Å²) >= 11 is 0. The molecular weight excluding hydrogens is 490 g/mol. The van der Waals surface area contributed by atoms with Crippen LogP contribution in [-0.2, 0) is 27.9 Å². The van der Waals surface area contributed by atoms with Gasteiger partial charge in [0.15, 0.2) is 0 Å². The van der Waals surface area contributed by atoms with Crippen molar-refractivity contribution in [1.82, 2.24) is 4.90 Å². The molecular formula is C33H41NO5. The lowest BCUT2D eigenvalue weighted by molar-refractivity contribution is -0.283. The minimum atomic E-state index is -0.938. The number of hydrogen-bond donors (Lipinski definition) is 2. The molecule has 4 saturated carbocycles. The Morgan fingerprint density at radius 1 is 1.10 bits per heavy atom. The molecule has 2 heterocycles. The fraction of sp³-hybridized carbons (Fsp3) is 0.636. The Hall–Kier alpha value is -1.96. The Labute approximate surface area is 231 Å². The lowest BCUT2D eigenvalue weighted by atomic mass is 9.35. The Balaban J connectivity index is 1.23. The van der Waals surface area contributed by atoms with E-state index < -0.39 is 11.7 Å². The van der Waals surface area contributed by atoms with E-state index in [0.717, 1.165) is 55.9 Å². The smallest absolute Gasteiger partial charge is 0.138 e. The molecule has 2 spiro atoms. The Bertz CT molecular complexity index is 1260. The van der Waals surface area contributed by atoms with E-state index in [1.165, 1.54) is 36.1 Å². The standard InChI is InChI=1S/C33H41NO5/c1-37-33-12-11-31(16-24(33)20-38-19-22-5-3-2-4-6-22)27-15-23-9-10-25(26(36)18-35)29-28(23)32(31,30(33)39-29)13-14-34(27)17-21-7-8-21/h2-6,9-10,21,24,26-27,30,35-36H,7-8,11-20H2,1H3/t24-,26?,27-,30-,31-,32+,33-/m1/s1. The predicted molar refractivity (Wildman–Crippen MR) is 147 cm³/mol. The molecule has 2 aliphatic heterocycles. The first-order chi connectivity index (χ1) is 19.1. The molecule has 4 bridgehead atoms. The van der Waals surface area contributed by atoms with Gasteiger partial charge in [0.05, 0.1) is 19.8 Å².